The summed E-state index contributed by atoms with van der Waals surface area (Å²) < 4.78 is 0. The van der Waals surface area contributed by atoms with Gasteiger partial charge < -0.3 is 25.5 Å². The van der Waals surface area contributed by atoms with Gasteiger partial charge in [-0.15, -0.1) is 0 Å². The van der Waals surface area contributed by atoms with E-state index in [1.54, 1.807) is 0 Å². The molecule has 5 N–H and O–H groups in total. The number of aromatic hydroxyl groups is 5. The fourth-order valence-corrected chi connectivity index (χ4v) is 7.69. The molecule has 0 radical (unpaired) electrons. The van der Waals surface area contributed by atoms with Crippen molar-refractivity contribution in [1.29, 1.82) is 0 Å². The summed E-state index contributed by atoms with van der Waals surface area (Å²) in [5.74, 6) is -4.29. The Bertz CT molecular complexity index is 2740. The Kier molecular flexibility index (Phi) is 7.49. The predicted octanol–water partition coefficient (Wildman–Crippen LogP) is 12.0. The van der Waals surface area contributed by atoms with E-state index in [2.05, 4.69) is 103 Å². The Labute approximate surface area is 305 Å². The molecule has 9 aromatic carbocycles. The lowest BCUT2D eigenvalue weighted by Gasteiger charge is -2.20. The highest BCUT2D eigenvalue weighted by Gasteiger charge is 2.28. The van der Waals surface area contributed by atoms with Gasteiger partial charge in [-0.1, -0.05) is 140 Å². The van der Waals surface area contributed by atoms with Crippen LogP contribution in [0.1, 0.15) is 0 Å². The number of hydrogen-bond acceptors (Lipinski definition) is 5. The molecule has 0 aromatic heterocycles. The second-order valence-electron chi connectivity index (χ2n) is 13.2. The van der Waals surface area contributed by atoms with Crippen molar-refractivity contribution in [3.05, 3.63) is 164 Å². The Morgan fingerprint density at radius 3 is 1.23 bits per heavy atom. The molecule has 0 bridgehead atoms. The van der Waals surface area contributed by atoms with Crippen LogP contribution in [0.3, 0.4) is 0 Å². The third kappa shape index (κ3) is 5.17. The smallest absolute Gasteiger partial charge is 0.208 e. The van der Waals surface area contributed by atoms with Crippen molar-refractivity contribution in [1.82, 2.24) is 0 Å². The maximum absolute atomic E-state index is 11.1. The van der Waals surface area contributed by atoms with Crippen LogP contribution in [0, 0.1) is 0 Å². The molecule has 0 aliphatic carbocycles. The van der Waals surface area contributed by atoms with Crippen molar-refractivity contribution in [2.24, 2.45) is 0 Å². The molecule has 0 saturated heterocycles. The zero-order valence-electron chi connectivity index (χ0n) is 28.3. The third-order valence-electron chi connectivity index (χ3n) is 10.2. The average molecular weight is 689 g/mol. The molecule has 0 fully saturated rings. The van der Waals surface area contributed by atoms with E-state index in [0.717, 1.165) is 66.1 Å². The molecule has 0 atom stereocenters. The van der Waals surface area contributed by atoms with Gasteiger partial charge in [0.1, 0.15) is 0 Å². The van der Waals surface area contributed by atoms with Gasteiger partial charge in [0.05, 0.1) is 5.56 Å². The summed E-state index contributed by atoms with van der Waals surface area (Å²) in [6, 6.07) is 55.8. The van der Waals surface area contributed by atoms with Crippen LogP contribution in [0.2, 0.25) is 0 Å². The van der Waals surface area contributed by atoms with Crippen LogP contribution < -0.4 is 0 Å². The van der Waals surface area contributed by atoms with Gasteiger partial charge in [-0.05, 0) is 101 Å². The zero-order valence-corrected chi connectivity index (χ0v) is 28.3. The lowest BCUT2D eigenvalue weighted by molar-refractivity contribution is 0.330. The summed E-state index contributed by atoms with van der Waals surface area (Å²) in [7, 11) is 0. The lowest BCUT2D eigenvalue weighted by atomic mass is 9.84. The topological polar surface area (TPSA) is 101 Å². The predicted molar refractivity (Wildman–Crippen MR) is 214 cm³/mol. The van der Waals surface area contributed by atoms with Crippen molar-refractivity contribution in [2.45, 2.75) is 0 Å². The molecule has 254 valence electrons. The van der Waals surface area contributed by atoms with E-state index >= 15 is 0 Å². The number of fused-ring (bicyclic) bond motifs is 3. The van der Waals surface area contributed by atoms with Crippen molar-refractivity contribution in [2.75, 3.05) is 0 Å². The Balaban J connectivity index is 1.32. The average Bonchev–Trinajstić information content (AvgIpc) is 3.22. The SMILES string of the molecule is Oc1c(O)c(O)c(-c2c3ccccc3c(-c3ccc4cccc(-c5cc(-c6ccccc6)cc(-c6ccccc6)c5)c4c3)c3ccccc23)c(O)c1O. The summed E-state index contributed by atoms with van der Waals surface area (Å²) >= 11 is 0. The van der Waals surface area contributed by atoms with Gasteiger partial charge in [0.25, 0.3) is 0 Å². The maximum Gasteiger partial charge on any atom is 0.208 e. The standard InChI is InChI=1S/C48H32O5/c49-44-43(45(50)47(52)48(53)46(44)51)42-38-19-9-7-17-36(38)41(37-18-8-10-20-39(37)42)31-23-22-30-16-11-21-35(40(30)27-31)34-25-32(28-12-3-1-4-13-28)24-33(26-34)29-14-5-2-6-15-29/h1-27,49-53H. The molecule has 0 unspecified atom stereocenters. The van der Waals surface area contributed by atoms with Gasteiger partial charge in [-0.2, -0.15) is 0 Å². The van der Waals surface area contributed by atoms with E-state index in [0.29, 0.717) is 16.3 Å². The number of rotatable bonds is 5. The number of hydrogen-bond donors (Lipinski definition) is 5. The first-order valence-corrected chi connectivity index (χ1v) is 17.3. The summed E-state index contributed by atoms with van der Waals surface area (Å²) in [5.41, 5.74) is 8.86. The molecular formula is C48H32O5. The van der Waals surface area contributed by atoms with Gasteiger partial charge in [-0.25, -0.2) is 0 Å². The van der Waals surface area contributed by atoms with E-state index in [9.17, 15) is 25.5 Å². The van der Waals surface area contributed by atoms with Crippen LogP contribution in [0.15, 0.2) is 164 Å². The highest BCUT2D eigenvalue weighted by molar-refractivity contribution is 6.23. The van der Waals surface area contributed by atoms with Crippen LogP contribution in [0.25, 0.3) is 88.0 Å². The third-order valence-corrected chi connectivity index (χ3v) is 10.2. The van der Waals surface area contributed by atoms with E-state index in [1.165, 1.54) is 0 Å². The van der Waals surface area contributed by atoms with Crippen LogP contribution >= 0.6 is 0 Å². The fourth-order valence-electron chi connectivity index (χ4n) is 7.69. The summed E-state index contributed by atoms with van der Waals surface area (Å²) in [5, 5.41) is 58.7. The molecule has 53 heavy (non-hydrogen) atoms. The number of benzene rings is 9. The van der Waals surface area contributed by atoms with Crippen LogP contribution in [0.5, 0.6) is 28.7 Å². The van der Waals surface area contributed by atoms with Crippen molar-refractivity contribution in [3.8, 4) is 84.4 Å². The van der Waals surface area contributed by atoms with Gasteiger partial charge in [0.15, 0.2) is 11.5 Å². The van der Waals surface area contributed by atoms with Crippen molar-refractivity contribution in [3.63, 3.8) is 0 Å². The molecular weight excluding hydrogens is 657 g/mol. The van der Waals surface area contributed by atoms with Crippen LogP contribution in [0.4, 0.5) is 0 Å². The highest BCUT2D eigenvalue weighted by Crippen LogP contribution is 2.57. The van der Waals surface area contributed by atoms with Gasteiger partial charge >= 0.3 is 0 Å². The molecule has 9 aromatic rings. The maximum atomic E-state index is 11.1. The Hall–Kier alpha value is -7.24. The van der Waals surface area contributed by atoms with Gasteiger partial charge in [-0.3, -0.25) is 0 Å². The molecule has 5 heteroatoms. The molecule has 5 nitrogen and oxygen atoms in total. The minimum atomic E-state index is -0.994. The highest BCUT2D eigenvalue weighted by atomic mass is 16.4. The lowest BCUT2D eigenvalue weighted by Crippen LogP contribution is -1.93. The first-order chi connectivity index (χ1) is 25.9. The quantitative estimate of drug-likeness (QED) is 0.0704. The minimum absolute atomic E-state index is 0.176. The normalized spacial score (nSPS) is 11.4. The summed E-state index contributed by atoms with van der Waals surface area (Å²) in [6.07, 6.45) is 0. The second kappa shape index (κ2) is 12.5. The molecule has 0 aliphatic heterocycles. The fraction of sp³-hybridized carbons (Fsp3) is 0. The molecule has 0 spiro atoms. The largest absolute Gasteiger partial charge is 0.504 e. The molecule has 9 rings (SSSR count). The van der Waals surface area contributed by atoms with E-state index in [-0.39, 0.29) is 5.56 Å². The molecule has 0 saturated carbocycles. The minimum Gasteiger partial charge on any atom is -0.504 e. The summed E-state index contributed by atoms with van der Waals surface area (Å²) in [6.45, 7) is 0. The van der Waals surface area contributed by atoms with Crippen molar-refractivity contribution < 1.29 is 25.5 Å². The van der Waals surface area contributed by atoms with E-state index in [1.807, 2.05) is 60.7 Å². The first kappa shape index (κ1) is 31.7. The molecule has 0 aliphatic rings. The van der Waals surface area contributed by atoms with Gasteiger partial charge in [0, 0.05) is 5.56 Å². The van der Waals surface area contributed by atoms with Crippen LogP contribution in [-0.4, -0.2) is 25.5 Å². The van der Waals surface area contributed by atoms with Gasteiger partial charge in [0.2, 0.25) is 17.2 Å². The Morgan fingerprint density at radius 1 is 0.245 bits per heavy atom. The van der Waals surface area contributed by atoms with E-state index in [4.69, 9.17) is 0 Å². The zero-order chi connectivity index (χ0) is 36.2. The van der Waals surface area contributed by atoms with Crippen molar-refractivity contribution >= 4 is 32.3 Å². The van der Waals surface area contributed by atoms with E-state index < -0.39 is 28.7 Å². The first-order valence-electron chi connectivity index (χ1n) is 17.3. The van der Waals surface area contributed by atoms with Crippen LogP contribution in [-0.2, 0) is 0 Å². The molecule has 0 heterocycles. The number of phenols is 5. The monoisotopic (exact) mass is 688 g/mol. The Morgan fingerprint density at radius 2 is 0.698 bits per heavy atom. The molecule has 0 amide bonds. The number of phenolic OH excluding ortho intramolecular Hbond substituents is 5. The summed E-state index contributed by atoms with van der Waals surface area (Å²) in [4.78, 5) is 0. The second-order valence-corrected chi connectivity index (χ2v) is 13.2.